The van der Waals surface area contributed by atoms with Crippen molar-refractivity contribution in [2.24, 2.45) is 0 Å². The maximum absolute atomic E-state index is 5.45. The molecule has 0 spiro atoms. The first kappa shape index (κ1) is 21.4. The molecule has 0 bridgehead atoms. The summed E-state index contributed by atoms with van der Waals surface area (Å²) >= 11 is 0. The van der Waals surface area contributed by atoms with E-state index < -0.39 is 0 Å². The highest BCUT2D eigenvalue weighted by atomic mass is 17.2. The minimum Gasteiger partial charge on any atom is -0.229 e. The van der Waals surface area contributed by atoms with Gasteiger partial charge in [-0.1, -0.05) is 39.5 Å². The van der Waals surface area contributed by atoms with Crippen LogP contribution in [0.3, 0.4) is 0 Å². The van der Waals surface area contributed by atoms with Gasteiger partial charge in [-0.25, -0.2) is 19.6 Å². The van der Waals surface area contributed by atoms with Crippen molar-refractivity contribution in [3.05, 3.63) is 0 Å². The van der Waals surface area contributed by atoms with E-state index in [1.54, 1.807) is 0 Å². The van der Waals surface area contributed by atoms with Crippen molar-refractivity contribution in [2.45, 2.75) is 104 Å². The van der Waals surface area contributed by atoms with Crippen LogP contribution in [-0.4, -0.2) is 23.4 Å². The quantitative estimate of drug-likeness (QED) is 0.329. The highest BCUT2D eigenvalue weighted by Crippen LogP contribution is 2.17. The normalized spacial score (nSPS) is 15.1. The smallest absolute Gasteiger partial charge is 0.153 e. The minimum atomic E-state index is -0.302. The molecule has 0 N–H and O–H groups in total. The molecule has 2 atom stereocenters. The lowest BCUT2D eigenvalue weighted by atomic mass is 10.1. The zero-order valence-corrected chi connectivity index (χ0v) is 15.6. The third-order valence-electron chi connectivity index (χ3n) is 3.63. The molecule has 0 radical (unpaired) electrons. The first-order valence-electron chi connectivity index (χ1n) is 8.39. The molecule has 0 fully saturated rings. The number of hydrogen-bond acceptors (Lipinski definition) is 4. The Bertz CT molecular complexity index is 320. The van der Waals surface area contributed by atoms with Crippen LogP contribution in [0.1, 0.15) is 81.1 Å². The standard InChI is InChI=1S/C18H34O4/c1-9-15(19-21-17(5,6)11-3)13-14-16(10-2)20-22-18(7,8)12-4/h15-16H,9-12H2,1-8H3. The molecular weight excluding hydrogens is 280 g/mol. The average molecular weight is 314 g/mol. The lowest BCUT2D eigenvalue weighted by molar-refractivity contribution is -0.369. The van der Waals surface area contributed by atoms with Crippen molar-refractivity contribution in [3.8, 4) is 11.8 Å². The Morgan fingerprint density at radius 2 is 1.00 bits per heavy atom. The van der Waals surface area contributed by atoms with Crippen LogP contribution in [0.15, 0.2) is 0 Å². The Balaban J connectivity index is 4.49. The van der Waals surface area contributed by atoms with Crippen LogP contribution in [0.2, 0.25) is 0 Å². The summed E-state index contributed by atoms with van der Waals surface area (Å²) < 4.78 is 0. The zero-order chi connectivity index (χ0) is 17.2. The van der Waals surface area contributed by atoms with Crippen LogP contribution in [0, 0.1) is 11.8 Å². The Morgan fingerprint density at radius 3 is 1.23 bits per heavy atom. The highest BCUT2D eigenvalue weighted by Gasteiger charge is 2.20. The summed E-state index contributed by atoms with van der Waals surface area (Å²) in [6.07, 6.45) is 2.73. The molecule has 0 saturated heterocycles. The Kier molecular flexibility index (Phi) is 9.95. The molecule has 22 heavy (non-hydrogen) atoms. The molecule has 0 saturated carbocycles. The second kappa shape index (κ2) is 10.2. The first-order chi connectivity index (χ1) is 10.2. The van der Waals surface area contributed by atoms with Gasteiger partial charge in [0.2, 0.25) is 0 Å². The molecule has 0 aromatic heterocycles. The van der Waals surface area contributed by atoms with E-state index in [1.807, 2.05) is 41.5 Å². The molecule has 4 nitrogen and oxygen atoms in total. The number of rotatable bonds is 10. The molecule has 4 heteroatoms. The fourth-order valence-corrected chi connectivity index (χ4v) is 1.07. The van der Waals surface area contributed by atoms with E-state index in [2.05, 4.69) is 25.7 Å². The van der Waals surface area contributed by atoms with Gasteiger partial charge in [0, 0.05) is 0 Å². The summed E-state index contributed by atoms with van der Waals surface area (Å²) in [6, 6.07) is 0. The minimum absolute atomic E-state index is 0.261. The van der Waals surface area contributed by atoms with Crippen LogP contribution in [-0.2, 0) is 19.6 Å². The summed E-state index contributed by atoms with van der Waals surface area (Å²) in [5.74, 6) is 6.14. The lowest BCUT2D eigenvalue weighted by Crippen LogP contribution is -2.27. The Morgan fingerprint density at radius 1 is 0.682 bits per heavy atom. The summed E-state index contributed by atoms with van der Waals surface area (Å²) in [6.45, 7) is 16.1. The van der Waals surface area contributed by atoms with Gasteiger partial charge < -0.3 is 0 Å². The first-order valence-corrected chi connectivity index (χ1v) is 8.39. The van der Waals surface area contributed by atoms with Crippen LogP contribution in [0.4, 0.5) is 0 Å². The van der Waals surface area contributed by atoms with Gasteiger partial charge >= 0.3 is 0 Å². The van der Waals surface area contributed by atoms with E-state index in [9.17, 15) is 0 Å². The molecular formula is C18H34O4. The van der Waals surface area contributed by atoms with Crippen LogP contribution >= 0.6 is 0 Å². The van der Waals surface area contributed by atoms with Crippen molar-refractivity contribution in [2.75, 3.05) is 0 Å². The van der Waals surface area contributed by atoms with E-state index in [-0.39, 0.29) is 23.4 Å². The van der Waals surface area contributed by atoms with Gasteiger partial charge in [-0.2, -0.15) is 0 Å². The van der Waals surface area contributed by atoms with Crippen LogP contribution in [0.5, 0.6) is 0 Å². The molecule has 0 aromatic carbocycles. The SMILES string of the molecule is CCC(C#CC(CC)OOC(C)(C)CC)OOC(C)(C)CC. The fourth-order valence-electron chi connectivity index (χ4n) is 1.07. The Labute approximate surface area is 136 Å². The summed E-state index contributed by atoms with van der Waals surface area (Å²) in [5, 5.41) is 0. The van der Waals surface area contributed by atoms with E-state index in [4.69, 9.17) is 19.6 Å². The maximum atomic E-state index is 5.45. The predicted molar refractivity (Wildman–Crippen MR) is 89.0 cm³/mol. The molecule has 2 unspecified atom stereocenters. The largest absolute Gasteiger partial charge is 0.229 e. The molecule has 0 aliphatic rings. The molecule has 0 aliphatic heterocycles. The molecule has 0 rings (SSSR count). The van der Waals surface area contributed by atoms with Crippen molar-refractivity contribution in [1.82, 2.24) is 0 Å². The second-order valence-corrected chi connectivity index (χ2v) is 6.67. The van der Waals surface area contributed by atoms with E-state index in [0.29, 0.717) is 0 Å². The van der Waals surface area contributed by atoms with E-state index in [0.717, 1.165) is 25.7 Å². The van der Waals surface area contributed by atoms with Gasteiger partial charge in [0.05, 0.1) is 11.2 Å². The van der Waals surface area contributed by atoms with Gasteiger partial charge in [0.1, 0.15) is 0 Å². The predicted octanol–water partition coefficient (Wildman–Crippen LogP) is 4.82. The van der Waals surface area contributed by atoms with Gasteiger partial charge in [-0.05, 0) is 53.4 Å². The van der Waals surface area contributed by atoms with Crippen molar-refractivity contribution >= 4 is 0 Å². The van der Waals surface area contributed by atoms with E-state index in [1.165, 1.54) is 0 Å². The number of hydrogen-bond donors (Lipinski definition) is 0. The van der Waals surface area contributed by atoms with Crippen molar-refractivity contribution in [1.29, 1.82) is 0 Å². The van der Waals surface area contributed by atoms with E-state index >= 15 is 0 Å². The average Bonchev–Trinajstić information content (AvgIpc) is 2.50. The molecule has 0 aromatic rings. The molecule has 130 valence electrons. The van der Waals surface area contributed by atoms with Gasteiger partial charge in [0.25, 0.3) is 0 Å². The monoisotopic (exact) mass is 314 g/mol. The summed E-state index contributed by atoms with van der Waals surface area (Å²) in [5.41, 5.74) is -0.603. The maximum Gasteiger partial charge on any atom is 0.153 e. The molecule has 0 heterocycles. The third-order valence-corrected chi connectivity index (χ3v) is 3.63. The second-order valence-electron chi connectivity index (χ2n) is 6.67. The van der Waals surface area contributed by atoms with Gasteiger partial charge in [-0.15, -0.1) is 0 Å². The Hall–Kier alpha value is -0.600. The zero-order valence-electron chi connectivity index (χ0n) is 15.6. The van der Waals surface area contributed by atoms with Crippen LogP contribution in [0.25, 0.3) is 0 Å². The van der Waals surface area contributed by atoms with Gasteiger partial charge in [-0.3, -0.25) is 0 Å². The molecule has 0 aliphatic carbocycles. The van der Waals surface area contributed by atoms with Gasteiger partial charge in [0.15, 0.2) is 12.2 Å². The molecule has 0 amide bonds. The topological polar surface area (TPSA) is 36.9 Å². The summed E-state index contributed by atoms with van der Waals surface area (Å²) in [4.78, 5) is 21.8. The lowest BCUT2D eigenvalue weighted by Gasteiger charge is -2.24. The van der Waals surface area contributed by atoms with Crippen molar-refractivity contribution < 1.29 is 19.6 Å². The van der Waals surface area contributed by atoms with Crippen LogP contribution < -0.4 is 0 Å². The van der Waals surface area contributed by atoms with Crippen molar-refractivity contribution in [3.63, 3.8) is 0 Å². The highest BCUT2D eigenvalue weighted by molar-refractivity contribution is 5.09. The third kappa shape index (κ3) is 9.42. The fraction of sp³-hybridized carbons (Fsp3) is 0.889. The summed E-state index contributed by atoms with van der Waals surface area (Å²) in [7, 11) is 0.